The molecule has 4 N–H and O–H groups in total. The molecule has 0 saturated carbocycles. The molecule has 2 atom stereocenters. The van der Waals surface area contributed by atoms with Crippen LogP contribution in [0.2, 0.25) is 15.1 Å². The van der Waals surface area contributed by atoms with Gasteiger partial charge in [0.15, 0.2) is 0 Å². The largest absolute Gasteiger partial charge is 0.417 e. The number of benzene rings is 2. The third kappa shape index (κ3) is 3.63. The third-order valence-electron chi connectivity index (χ3n) is 4.58. The van der Waals surface area contributed by atoms with Crippen molar-refractivity contribution in [1.29, 1.82) is 0 Å². The number of alkyl halides is 3. The summed E-state index contributed by atoms with van der Waals surface area (Å²) < 4.78 is 39.1. The van der Waals surface area contributed by atoms with Gasteiger partial charge in [0.05, 0.1) is 38.4 Å². The number of nitrogens with zero attached hydrogens (tertiary/aromatic N) is 3. The first-order valence-electron chi connectivity index (χ1n) is 8.44. The Balaban J connectivity index is 1.73. The molecule has 2 heterocycles. The standard InChI is InChI=1S/C18H13Cl3F3N5S/c19-10-2-1-3-11(20)13(10)29-14-15(25)28(7-27-16(14)30-17(29)26)8-4-5-9(12(21)6-8)18(22,23)24/h1-7,15,17H,25-26H2. The molecule has 2 aliphatic heterocycles. The van der Waals surface area contributed by atoms with Gasteiger partial charge in [-0.15, -0.1) is 0 Å². The fraction of sp³-hybridized carbons (Fsp3) is 0.167. The smallest absolute Gasteiger partial charge is 0.311 e. The number of halogens is 6. The van der Waals surface area contributed by atoms with Crippen LogP contribution in [-0.2, 0) is 6.18 Å². The Morgan fingerprint density at radius 2 is 1.67 bits per heavy atom. The van der Waals surface area contributed by atoms with Crippen molar-refractivity contribution in [3.63, 3.8) is 0 Å². The van der Waals surface area contributed by atoms with Crippen molar-refractivity contribution in [2.24, 2.45) is 16.5 Å². The summed E-state index contributed by atoms with van der Waals surface area (Å²) in [6.07, 6.45) is -3.95. The summed E-state index contributed by atoms with van der Waals surface area (Å²) in [7, 11) is 0. The topological polar surface area (TPSA) is 70.9 Å². The summed E-state index contributed by atoms with van der Waals surface area (Å²) in [5.74, 6) is 0. The van der Waals surface area contributed by atoms with Crippen molar-refractivity contribution >= 4 is 64.3 Å². The van der Waals surface area contributed by atoms with Crippen molar-refractivity contribution < 1.29 is 13.2 Å². The van der Waals surface area contributed by atoms with E-state index >= 15 is 0 Å². The van der Waals surface area contributed by atoms with E-state index in [2.05, 4.69) is 4.99 Å². The van der Waals surface area contributed by atoms with E-state index in [0.29, 0.717) is 32.1 Å². The highest BCUT2D eigenvalue weighted by atomic mass is 35.5. The van der Waals surface area contributed by atoms with Gasteiger partial charge in [0.1, 0.15) is 16.7 Å². The summed E-state index contributed by atoms with van der Waals surface area (Å²) in [5, 5.41) is 0.875. The number of hydrogen-bond acceptors (Lipinski definition) is 6. The lowest BCUT2D eigenvalue weighted by atomic mass is 10.1. The predicted molar refractivity (Wildman–Crippen MR) is 117 cm³/mol. The molecule has 30 heavy (non-hydrogen) atoms. The summed E-state index contributed by atoms with van der Waals surface area (Å²) in [6, 6.07) is 8.42. The van der Waals surface area contributed by atoms with Gasteiger partial charge in [-0.1, -0.05) is 52.6 Å². The minimum atomic E-state index is -4.56. The first-order chi connectivity index (χ1) is 14.1. The summed E-state index contributed by atoms with van der Waals surface area (Å²) in [6.45, 7) is 0. The highest BCUT2D eigenvalue weighted by Gasteiger charge is 2.41. The maximum Gasteiger partial charge on any atom is 0.417 e. The monoisotopic (exact) mass is 493 g/mol. The van der Waals surface area contributed by atoms with Crippen molar-refractivity contribution in [1.82, 2.24) is 0 Å². The molecule has 158 valence electrons. The fourth-order valence-corrected chi connectivity index (χ4v) is 5.10. The Bertz CT molecular complexity index is 1060. The van der Waals surface area contributed by atoms with E-state index in [-0.39, 0.29) is 0 Å². The molecule has 12 heteroatoms. The van der Waals surface area contributed by atoms with Crippen LogP contribution in [0.5, 0.6) is 0 Å². The van der Waals surface area contributed by atoms with Crippen LogP contribution >= 0.6 is 46.6 Å². The molecule has 0 aromatic heterocycles. The molecule has 0 radical (unpaired) electrons. The van der Waals surface area contributed by atoms with Crippen molar-refractivity contribution in [2.75, 3.05) is 9.80 Å². The number of thioether (sulfide) groups is 1. The van der Waals surface area contributed by atoms with Crippen LogP contribution in [0.4, 0.5) is 24.5 Å². The summed E-state index contributed by atoms with van der Waals surface area (Å²) >= 11 is 19.8. The van der Waals surface area contributed by atoms with E-state index in [1.165, 1.54) is 35.1 Å². The molecular formula is C18H13Cl3F3N5S. The quantitative estimate of drug-likeness (QED) is 0.580. The number of nitrogens with two attached hydrogens (primary N) is 2. The second kappa shape index (κ2) is 7.81. The average molecular weight is 495 g/mol. The Morgan fingerprint density at radius 3 is 2.27 bits per heavy atom. The van der Waals surface area contributed by atoms with E-state index in [1.54, 1.807) is 23.1 Å². The van der Waals surface area contributed by atoms with Crippen LogP contribution in [-0.4, -0.2) is 18.0 Å². The van der Waals surface area contributed by atoms with Gasteiger partial charge in [0.25, 0.3) is 0 Å². The second-order valence-corrected chi connectivity index (χ2v) is 8.72. The van der Waals surface area contributed by atoms with Crippen LogP contribution in [0.25, 0.3) is 0 Å². The SMILES string of the molecule is NC1C2=C(N=CN1c1ccc(C(F)(F)F)c(Cl)c1)SC(N)N2c1c(Cl)cccc1Cl. The molecule has 2 unspecified atom stereocenters. The molecule has 0 spiro atoms. The Labute approximate surface area is 189 Å². The molecule has 0 amide bonds. The predicted octanol–water partition coefficient (Wildman–Crippen LogP) is 5.46. The molecule has 0 saturated heterocycles. The molecule has 0 fully saturated rings. The molecule has 2 aromatic carbocycles. The molecular weight excluding hydrogens is 482 g/mol. The molecule has 0 aliphatic carbocycles. The van der Waals surface area contributed by atoms with Crippen LogP contribution < -0.4 is 21.3 Å². The van der Waals surface area contributed by atoms with E-state index in [4.69, 9.17) is 46.3 Å². The van der Waals surface area contributed by atoms with Gasteiger partial charge in [-0.25, -0.2) is 4.99 Å². The van der Waals surface area contributed by atoms with Gasteiger partial charge in [-0.2, -0.15) is 13.2 Å². The lowest BCUT2D eigenvalue weighted by Crippen LogP contribution is -2.50. The lowest BCUT2D eigenvalue weighted by Gasteiger charge is -2.36. The number of hydrogen-bond donors (Lipinski definition) is 2. The van der Waals surface area contributed by atoms with E-state index in [0.717, 1.165) is 6.07 Å². The number of rotatable bonds is 2. The van der Waals surface area contributed by atoms with Gasteiger partial charge >= 0.3 is 6.18 Å². The maximum absolute atomic E-state index is 13.0. The molecule has 2 aromatic rings. The highest BCUT2D eigenvalue weighted by molar-refractivity contribution is 8.04. The normalized spacial score (nSPS) is 21.5. The van der Waals surface area contributed by atoms with E-state index in [9.17, 15) is 13.2 Å². The zero-order valence-electron chi connectivity index (χ0n) is 14.9. The second-order valence-electron chi connectivity index (χ2n) is 6.40. The first kappa shape index (κ1) is 21.6. The van der Waals surface area contributed by atoms with Crippen LogP contribution in [0.15, 0.2) is 52.1 Å². The first-order valence-corrected chi connectivity index (χ1v) is 10.5. The fourth-order valence-electron chi connectivity index (χ4n) is 3.24. The van der Waals surface area contributed by atoms with E-state index < -0.39 is 28.4 Å². The zero-order valence-corrected chi connectivity index (χ0v) is 18.0. The summed E-state index contributed by atoms with van der Waals surface area (Å²) in [4.78, 5) is 7.56. The van der Waals surface area contributed by atoms with E-state index in [1.807, 2.05) is 0 Å². The van der Waals surface area contributed by atoms with Crippen molar-refractivity contribution in [3.05, 3.63) is 67.8 Å². The Hall–Kier alpha value is -1.62. The molecule has 2 aliphatic rings. The van der Waals surface area contributed by atoms with Gasteiger partial charge in [0, 0.05) is 5.69 Å². The number of para-hydroxylation sites is 1. The van der Waals surface area contributed by atoms with Gasteiger partial charge in [0.2, 0.25) is 0 Å². The zero-order chi connectivity index (χ0) is 21.8. The van der Waals surface area contributed by atoms with Gasteiger partial charge in [-0.3, -0.25) is 0 Å². The highest BCUT2D eigenvalue weighted by Crippen LogP contribution is 2.47. The summed E-state index contributed by atoms with van der Waals surface area (Å²) in [5.41, 5.74) is 12.6. The van der Waals surface area contributed by atoms with Crippen LogP contribution in [0, 0.1) is 0 Å². The number of aliphatic imine (C=N–C) groups is 1. The molecule has 4 rings (SSSR count). The van der Waals surface area contributed by atoms with Crippen molar-refractivity contribution in [3.8, 4) is 0 Å². The third-order valence-corrected chi connectivity index (χ3v) is 6.49. The van der Waals surface area contributed by atoms with Crippen LogP contribution in [0.3, 0.4) is 0 Å². The maximum atomic E-state index is 13.0. The van der Waals surface area contributed by atoms with Crippen molar-refractivity contribution in [2.45, 2.75) is 17.8 Å². The lowest BCUT2D eigenvalue weighted by molar-refractivity contribution is -0.137. The van der Waals surface area contributed by atoms with Gasteiger partial charge in [-0.05, 0) is 30.3 Å². The molecule has 0 bridgehead atoms. The minimum Gasteiger partial charge on any atom is -0.311 e. The average Bonchev–Trinajstić information content (AvgIpc) is 2.98. The number of anilines is 2. The Kier molecular flexibility index (Phi) is 5.63. The minimum absolute atomic E-state index is 0.339. The van der Waals surface area contributed by atoms with Crippen LogP contribution in [0.1, 0.15) is 5.56 Å². The van der Waals surface area contributed by atoms with Gasteiger partial charge < -0.3 is 21.3 Å². The molecule has 5 nitrogen and oxygen atoms in total. The Morgan fingerprint density at radius 1 is 1.00 bits per heavy atom.